The third-order valence-electron chi connectivity index (χ3n) is 5.05. The van der Waals surface area contributed by atoms with E-state index in [1.54, 1.807) is 6.20 Å². The van der Waals surface area contributed by atoms with Gasteiger partial charge in [0.25, 0.3) is 5.56 Å². The lowest BCUT2D eigenvalue weighted by Crippen LogP contribution is -2.29. The van der Waals surface area contributed by atoms with E-state index < -0.39 is 0 Å². The van der Waals surface area contributed by atoms with E-state index in [9.17, 15) is 4.79 Å². The lowest BCUT2D eigenvalue weighted by molar-refractivity contribution is 0.847. The number of hydrogen-bond acceptors (Lipinski definition) is 3. The number of hydrogen-bond donors (Lipinski definition) is 0. The first kappa shape index (κ1) is 16.5. The van der Waals surface area contributed by atoms with Crippen LogP contribution in [0.4, 0.5) is 0 Å². The van der Waals surface area contributed by atoms with Crippen LogP contribution in [0.25, 0.3) is 16.5 Å². The zero-order valence-corrected chi connectivity index (χ0v) is 15.6. The van der Waals surface area contributed by atoms with Crippen LogP contribution < -0.4 is 5.56 Å². The average Bonchev–Trinajstić information content (AvgIpc) is 2.88. The lowest BCUT2D eigenvalue weighted by Gasteiger charge is -2.13. The maximum Gasteiger partial charge on any atom is 0.282 e. The average molecular weight is 346 g/mol. The molecule has 1 aromatic carbocycles. The summed E-state index contributed by atoms with van der Waals surface area (Å²) >= 11 is 0. The highest BCUT2D eigenvalue weighted by Crippen LogP contribution is 2.28. The van der Waals surface area contributed by atoms with E-state index in [0.717, 1.165) is 28.9 Å². The molecule has 5 heteroatoms. The number of aliphatic imine (C=N–C) groups is 1. The summed E-state index contributed by atoms with van der Waals surface area (Å²) in [6.07, 6.45) is 6.58. The van der Waals surface area contributed by atoms with Crippen LogP contribution in [0.5, 0.6) is 0 Å². The highest BCUT2D eigenvalue weighted by Gasteiger charge is 2.19. The standard InChI is InChI=1S/C21H22N4O/c1-13-8-9-18(14(2)11-13)24-15(3)17-12-23-25(19-7-5-6-10-22-19)21(26)20(17)16(24)4/h5,7-9,11-12H,6,10H2,1-4H3. The van der Waals surface area contributed by atoms with Gasteiger partial charge >= 0.3 is 0 Å². The molecule has 0 bridgehead atoms. The molecule has 0 amide bonds. The molecule has 0 N–H and O–H groups in total. The Morgan fingerprint density at radius 2 is 1.88 bits per heavy atom. The largest absolute Gasteiger partial charge is 0.317 e. The van der Waals surface area contributed by atoms with Gasteiger partial charge in [-0.2, -0.15) is 9.78 Å². The summed E-state index contributed by atoms with van der Waals surface area (Å²) in [5.41, 5.74) is 5.36. The van der Waals surface area contributed by atoms with Crippen molar-refractivity contribution in [1.82, 2.24) is 14.3 Å². The molecular formula is C21H22N4O. The fourth-order valence-electron chi connectivity index (χ4n) is 3.77. The minimum Gasteiger partial charge on any atom is -0.317 e. The normalized spacial score (nSPS) is 14.1. The zero-order chi connectivity index (χ0) is 18.4. The highest BCUT2D eigenvalue weighted by molar-refractivity contribution is 5.97. The van der Waals surface area contributed by atoms with Gasteiger partial charge in [-0.3, -0.25) is 9.79 Å². The summed E-state index contributed by atoms with van der Waals surface area (Å²) in [7, 11) is 0. The second-order valence-corrected chi connectivity index (χ2v) is 6.88. The first-order valence-electron chi connectivity index (χ1n) is 8.88. The van der Waals surface area contributed by atoms with Gasteiger partial charge in [-0.25, -0.2) is 0 Å². The Labute approximate surface area is 152 Å². The smallest absolute Gasteiger partial charge is 0.282 e. The van der Waals surface area contributed by atoms with E-state index in [4.69, 9.17) is 0 Å². The Bertz CT molecular complexity index is 1150. The molecule has 26 heavy (non-hydrogen) atoms. The molecule has 0 radical (unpaired) electrons. The van der Waals surface area contributed by atoms with Crippen molar-refractivity contribution in [2.45, 2.75) is 34.1 Å². The molecule has 0 atom stereocenters. The van der Waals surface area contributed by atoms with Crippen molar-refractivity contribution in [2.75, 3.05) is 6.54 Å². The highest BCUT2D eigenvalue weighted by atomic mass is 16.1. The van der Waals surface area contributed by atoms with Gasteiger partial charge in [0.1, 0.15) is 0 Å². The molecule has 0 aliphatic carbocycles. The van der Waals surface area contributed by atoms with E-state index in [1.807, 2.05) is 26.0 Å². The van der Waals surface area contributed by atoms with Crippen LogP contribution >= 0.6 is 0 Å². The minimum atomic E-state index is -0.114. The number of aryl methyl sites for hydroxylation is 4. The van der Waals surface area contributed by atoms with Crippen molar-refractivity contribution >= 4 is 16.6 Å². The maximum absolute atomic E-state index is 13.2. The predicted molar refractivity (Wildman–Crippen MR) is 106 cm³/mol. The van der Waals surface area contributed by atoms with Crippen LogP contribution in [0.2, 0.25) is 0 Å². The Hall–Kier alpha value is -2.95. The summed E-state index contributed by atoms with van der Waals surface area (Å²) < 4.78 is 3.57. The van der Waals surface area contributed by atoms with Crippen LogP contribution in [0.1, 0.15) is 28.9 Å². The van der Waals surface area contributed by atoms with Gasteiger partial charge in [-0.05, 0) is 51.8 Å². The van der Waals surface area contributed by atoms with Crippen molar-refractivity contribution in [1.29, 1.82) is 0 Å². The third-order valence-corrected chi connectivity index (χ3v) is 5.05. The van der Waals surface area contributed by atoms with Crippen molar-refractivity contribution in [3.05, 3.63) is 69.4 Å². The summed E-state index contributed by atoms with van der Waals surface area (Å²) in [4.78, 5) is 17.6. The molecule has 0 spiro atoms. The summed E-state index contributed by atoms with van der Waals surface area (Å²) in [5.74, 6) is 0.611. The van der Waals surface area contributed by atoms with Gasteiger partial charge < -0.3 is 4.57 Å². The molecule has 0 saturated carbocycles. The maximum atomic E-state index is 13.2. The molecule has 4 rings (SSSR count). The fourth-order valence-corrected chi connectivity index (χ4v) is 3.77. The van der Waals surface area contributed by atoms with Crippen LogP contribution in [0.15, 0.2) is 46.3 Å². The molecule has 0 saturated heterocycles. The van der Waals surface area contributed by atoms with Gasteiger partial charge in [0.05, 0.1) is 11.6 Å². The third kappa shape index (κ3) is 2.43. The van der Waals surface area contributed by atoms with E-state index >= 15 is 0 Å². The van der Waals surface area contributed by atoms with Crippen LogP contribution in [0, 0.1) is 27.7 Å². The second-order valence-electron chi connectivity index (χ2n) is 6.88. The monoisotopic (exact) mass is 346 g/mol. The Balaban J connectivity index is 2.00. The van der Waals surface area contributed by atoms with Gasteiger partial charge in [0, 0.05) is 29.0 Å². The summed E-state index contributed by atoms with van der Waals surface area (Å²) in [5, 5.41) is 5.98. The molecule has 1 aliphatic heterocycles. The van der Waals surface area contributed by atoms with Gasteiger partial charge in [-0.15, -0.1) is 0 Å². The summed E-state index contributed by atoms with van der Waals surface area (Å²) in [6, 6.07) is 6.38. The summed E-state index contributed by atoms with van der Waals surface area (Å²) in [6.45, 7) is 8.92. The molecule has 2 aromatic heterocycles. The number of benzene rings is 1. The molecular weight excluding hydrogens is 324 g/mol. The lowest BCUT2D eigenvalue weighted by atomic mass is 10.1. The Kier molecular flexibility index (Phi) is 3.87. The first-order chi connectivity index (χ1) is 12.5. The number of rotatable bonds is 1. The van der Waals surface area contributed by atoms with E-state index in [-0.39, 0.29) is 5.56 Å². The van der Waals surface area contributed by atoms with Gasteiger partial charge in [-0.1, -0.05) is 23.8 Å². The molecule has 132 valence electrons. The Morgan fingerprint density at radius 1 is 1.08 bits per heavy atom. The topological polar surface area (TPSA) is 52.2 Å². The van der Waals surface area contributed by atoms with Gasteiger partial charge in [0.2, 0.25) is 0 Å². The zero-order valence-electron chi connectivity index (χ0n) is 15.6. The molecule has 0 fully saturated rings. The molecule has 3 heterocycles. The number of fused-ring (bicyclic) bond motifs is 1. The van der Waals surface area contributed by atoms with Crippen molar-refractivity contribution in [2.24, 2.45) is 4.99 Å². The quantitative estimate of drug-likeness (QED) is 0.676. The minimum absolute atomic E-state index is 0.114. The number of allylic oxidation sites excluding steroid dienone is 1. The second kappa shape index (κ2) is 6.09. The fraction of sp³-hybridized carbons (Fsp3) is 0.286. The first-order valence-corrected chi connectivity index (χ1v) is 8.88. The SMILES string of the molecule is Cc1ccc(-n2c(C)c3cnn(C4=NCCC=C4)c(=O)c3c2C)c(C)c1. The van der Waals surface area contributed by atoms with Crippen LogP contribution in [-0.2, 0) is 0 Å². The number of aromatic nitrogens is 3. The number of dihydropyridines is 1. The van der Waals surface area contributed by atoms with Gasteiger partial charge in [0.15, 0.2) is 5.84 Å². The van der Waals surface area contributed by atoms with Crippen LogP contribution in [-0.4, -0.2) is 26.7 Å². The van der Waals surface area contributed by atoms with Crippen LogP contribution in [0.3, 0.4) is 0 Å². The van der Waals surface area contributed by atoms with E-state index in [1.165, 1.54) is 15.8 Å². The predicted octanol–water partition coefficient (Wildman–Crippen LogP) is 3.63. The van der Waals surface area contributed by atoms with Crippen molar-refractivity contribution < 1.29 is 0 Å². The van der Waals surface area contributed by atoms with E-state index in [2.05, 4.69) is 46.7 Å². The van der Waals surface area contributed by atoms with Crippen molar-refractivity contribution in [3.8, 4) is 5.69 Å². The molecule has 0 unspecified atom stereocenters. The molecule has 1 aliphatic rings. The van der Waals surface area contributed by atoms with E-state index in [0.29, 0.717) is 17.8 Å². The Morgan fingerprint density at radius 3 is 2.58 bits per heavy atom. The van der Waals surface area contributed by atoms with Crippen molar-refractivity contribution in [3.63, 3.8) is 0 Å². The molecule has 5 nitrogen and oxygen atoms in total. The number of nitrogens with zero attached hydrogens (tertiary/aromatic N) is 4. The molecule has 3 aromatic rings.